The van der Waals surface area contributed by atoms with Crippen LogP contribution in [0.4, 0.5) is 0 Å². The molecule has 0 unspecified atom stereocenters. The summed E-state index contributed by atoms with van der Waals surface area (Å²) in [5.41, 5.74) is 1.91. The van der Waals surface area contributed by atoms with E-state index in [4.69, 9.17) is 27.6 Å². The summed E-state index contributed by atoms with van der Waals surface area (Å²) in [6.45, 7) is 2.16. The molecule has 0 saturated heterocycles. The Labute approximate surface area is 168 Å². The Hall–Kier alpha value is -2.27. The number of carbonyl (C=O) groups is 1. The first-order chi connectivity index (χ1) is 13.0. The normalized spacial score (nSPS) is 13.1. The zero-order valence-corrected chi connectivity index (χ0v) is 16.4. The summed E-state index contributed by atoms with van der Waals surface area (Å²) in [6, 6.07) is 18.7. The van der Waals surface area contributed by atoms with Crippen LogP contribution in [-0.2, 0) is 4.79 Å². The van der Waals surface area contributed by atoms with Gasteiger partial charge in [-0.15, -0.1) is 0 Å². The van der Waals surface area contributed by atoms with Gasteiger partial charge >= 0.3 is 0 Å². The molecule has 0 fully saturated rings. The quantitative estimate of drug-likeness (QED) is 0.623. The summed E-state index contributed by atoms with van der Waals surface area (Å²) in [5, 5.41) is 6.05. The number of hydrogen-bond acceptors (Lipinski definition) is 2. The van der Waals surface area contributed by atoms with Crippen molar-refractivity contribution in [2.45, 2.75) is 19.0 Å². The van der Waals surface area contributed by atoms with Gasteiger partial charge in [0, 0.05) is 15.6 Å². The molecule has 0 radical (unpaired) electrons. The Bertz CT molecular complexity index is 882. The molecule has 1 heterocycles. The number of furan rings is 1. The number of halogens is 2. The molecule has 0 aliphatic carbocycles. The molecular formula is C21H21Cl2N2O2+. The Morgan fingerprint density at radius 2 is 1.89 bits per heavy atom. The second kappa shape index (κ2) is 9.09. The van der Waals surface area contributed by atoms with Crippen LogP contribution < -0.4 is 10.6 Å². The first kappa shape index (κ1) is 19.5. The van der Waals surface area contributed by atoms with E-state index in [9.17, 15) is 4.79 Å². The summed E-state index contributed by atoms with van der Waals surface area (Å²) in [4.78, 5) is 12.5. The van der Waals surface area contributed by atoms with E-state index in [0.29, 0.717) is 10.0 Å². The molecule has 2 atom stereocenters. The first-order valence-electron chi connectivity index (χ1n) is 8.70. The molecule has 0 aliphatic heterocycles. The molecule has 0 saturated carbocycles. The third-order valence-electron chi connectivity index (χ3n) is 4.35. The van der Waals surface area contributed by atoms with Gasteiger partial charge in [0.05, 0.1) is 12.3 Å². The van der Waals surface area contributed by atoms with Crippen LogP contribution in [0.5, 0.6) is 0 Å². The average molecular weight is 404 g/mol. The number of benzene rings is 2. The molecule has 2 aromatic carbocycles. The van der Waals surface area contributed by atoms with Crippen LogP contribution in [0.15, 0.2) is 71.3 Å². The highest BCUT2D eigenvalue weighted by atomic mass is 35.5. The minimum atomic E-state index is -0.213. The van der Waals surface area contributed by atoms with Crippen molar-refractivity contribution in [1.82, 2.24) is 5.32 Å². The van der Waals surface area contributed by atoms with Crippen molar-refractivity contribution in [2.75, 3.05) is 6.54 Å². The Balaban J connectivity index is 1.64. The number of rotatable bonds is 7. The Kier molecular flexibility index (Phi) is 6.56. The number of amides is 1. The number of carbonyl (C=O) groups excluding carboxylic acids is 1. The van der Waals surface area contributed by atoms with Crippen molar-refractivity contribution < 1.29 is 14.5 Å². The van der Waals surface area contributed by atoms with Gasteiger partial charge in [-0.05, 0) is 36.8 Å². The number of quaternary nitrogens is 1. The predicted molar refractivity (Wildman–Crippen MR) is 107 cm³/mol. The number of nitrogens with two attached hydrogens (primary N) is 1. The summed E-state index contributed by atoms with van der Waals surface area (Å²) in [7, 11) is 0. The summed E-state index contributed by atoms with van der Waals surface area (Å²) in [6.07, 6.45) is 1.64. The van der Waals surface area contributed by atoms with Crippen molar-refractivity contribution >= 4 is 29.1 Å². The fourth-order valence-electron chi connectivity index (χ4n) is 3.00. The maximum absolute atomic E-state index is 12.5. The van der Waals surface area contributed by atoms with Crippen LogP contribution in [0.25, 0.3) is 0 Å². The van der Waals surface area contributed by atoms with E-state index < -0.39 is 0 Å². The van der Waals surface area contributed by atoms with Crippen molar-refractivity contribution in [3.8, 4) is 0 Å². The molecule has 0 bridgehead atoms. The van der Waals surface area contributed by atoms with Gasteiger partial charge in [-0.3, -0.25) is 4.79 Å². The highest BCUT2D eigenvalue weighted by Gasteiger charge is 2.22. The summed E-state index contributed by atoms with van der Waals surface area (Å²) in [5.74, 6) is 0.726. The Morgan fingerprint density at radius 1 is 1.11 bits per heavy atom. The lowest BCUT2D eigenvalue weighted by Crippen LogP contribution is -2.87. The molecule has 3 rings (SSSR count). The zero-order chi connectivity index (χ0) is 19.2. The van der Waals surface area contributed by atoms with E-state index in [0.717, 1.165) is 16.9 Å². The highest BCUT2D eigenvalue weighted by Crippen LogP contribution is 2.26. The number of nitrogens with one attached hydrogen (secondary N) is 1. The monoisotopic (exact) mass is 403 g/mol. The second-order valence-corrected chi connectivity index (χ2v) is 7.14. The lowest BCUT2D eigenvalue weighted by Gasteiger charge is -2.17. The van der Waals surface area contributed by atoms with Gasteiger partial charge in [-0.25, -0.2) is 0 Å². The maximum Gasteiger partial charge on any atom is 0.275 e. The van der Waals surface area contributed by atoms with Crippen LogP contribution >= 0.6 is 23.2 Å². The van der Waals surface area contributed by atoms with Gasteiger partial charge in [0.15, 0.2) is 18.3 Å². The summed E-state index contributed by atoms with van der Waals surface area (Å²) >= 11 is 12.2. The second-order valence-electron chi connectivity index (χ2n) is 6.30. The van der Waals surface area contributed by atoms with E-state index in [2.05, 4.69) is 5.32 Å². The van der Waals surface area contributed by atoms with Crippen LogP contribution in [0.1, 0.15) is 35.9 Å². The third-order valence-corrected chi connectivity index (χ3v) is 4.92. The molecular weight excluding hydrogens is 383 g/mol. The topological polar surface area (TPSA) is 58.9 Å². The average Bonchev–Trinajstić information content (AvgIpc) is 3.17. The molecule has 0 spiro atoms. The van der Waals surface area contributed by atoms with E-state index in [1.807, 2.05) is 60.8 Å². The van der Waals surface area contributed by atoms with Crippen molar-refractivity contribution in [3.63, 3.8) is 0 Å². The fourth-order valence-corrected chi connectivity index (χ4v) is 3.57. The van der Waals surface area contributed by atoms with Crippen LogP contribution in [-0.4, -0.2) is 12.5 Å². The van der Waals surface area contributed by atoms with Gasteiger partial charge < -0.3 is 15.1 Å². The van der Waals surface area contributed by atoms with Gasteiger partial charge in [-0.2, -0.15) is 0 Å². The van der Waals surface area contributed by atoms with Gasteiger partial charge in [0.2, 0.25) is 0 Å². The minimum Gasteiger partial charge on any atom is -0.463 e. The third kappa shape index (κ3) is 5.13. The molecule has 1 amide bonds. The van der Waals surface area contributed by atoms with Crippen molar-refractivity contribution in [3.05, 3.63) is 93.9 Å². The molecule has 6 heteroatoms. The van der Waals surface area contributed by atoms with Gasteiger partial charge in [0.1, 0.15) is 0 Å². The maximum atomic E-state index is 12.5. The largest absolute Gasteiger partial charge is 0.463 e. The number of hydrogen-bond donors (Lipinski definition) is 2. The molecule has 140 valence electrons. The lowest BCUT2D eigenvalue weighted by molar-refractivity contribution is -0.678. The SMILES string of the molecule is C[C@H](NC(=O)C[NH2+][C@H](c1ccccc1)c1ccco1)c1ccc(Cl)cc1Cl. The smallest absolute Gasteiger partial charge is 0.275 e. The van der Waals surface area contributed by atoms with E-state index in [-0.39, 0.29) is 24.5 Å². The van der Waals surface area contributed by atoms with Crippen LogP contribution in [0.3, 0.4) is 0 Å². The van der Waals surface area contributed by atoms with Gasteiger partial charge in [-0.1, -0.05) is 59.6 Å². The summed E-state index contributed by atoms with van der Waals surface area (Å²) < 4.78 is 5.57. The first-order valence-corrected chi connectivity index (χ1v) is 9.46. The molecule has 3 N–H and O–H groups in total. The molecule has 1 aromatic heterocycles. The molecule has 4 nitrogen and oxygen atoms in total. The van der Waals surface area contributed by atoms with E-state index in [1.54, 1.807) is 18.4 Å². The fraction of sp³-hybridized carbons (Fsp3) is 0.190. The van der Waals surface area contributed by atoms with Crippen molar-refractivity contribution in [1.29, 1.82) is 0 Å². The zero-order valence-electron chi connectivity index (χ0n) is 14.9. The highest BCUT2D eigenvalue weighted by molar-refractivity contribution is 6.35. The van der Waals surface area contributed by atoms with Gasteiger partial charge in [0.25, 0.3) is 5.91 Å². The molecule has 0 aliphatic rings. The standard InChI is InChI=1S/C21H20Cl2N2O2/c1-14(17-10-9-16(22)12-18(17)23)25-20(26)13-24-21(19-8-5-11-27-19)15-6-3-2-4-7-15/h2-12,14,21,24H,13H2,1H3,(H,25,26)/p+1/t14-,21+/m0/s1. The van der Waals surface area contributed by atoms with E-state index in [1.165, 1.54) is 0 Å². The van der Waals surface area contributed by atoms with E-state index >= 15 is 0 Å². The Morgan fingerprint density at radius 3 is 2.56 bits per heavy atom. The predicted octanol–water partition coefficient (Wildman–Crippen LogP) is 4.12. The minimum absolute atomic E-state index is 0.0821. The van der Waals surface area contributed by atoms with Crippen LogP contribution in [0.2, 0.25) is 10.0 Å². The molecule has 27 heavy (non-hydrogen) atoms. The molecule has 3 aromatic rings. The van der Waals surface area contributed by atoms with Crippen LogP contribution in [0, 0.1) is 0 Å². The van der Waals surface area contributed by atoms with Crippen molar-refractivity contribution in [2.24, 2.45) is 0 Å². The lowest BCUT2D eigenvalue weighted by atomic mass is 10.0.